The molecule has 8 atom stereocenters. The molecule has 2 unspecified atom stereocenters. The van der Waals surface area contributed by atoms with E-state index in [9.17, 15) is 0 Å². The van der Waals surface area contributed by atoms with Crippen LogP contribution in [0.25, 0.3) is 0 Å². The Bertz CT molecular complexity index is 839. The summed E-state index contributed by atoms with van der Waals surface area (Å²) in [4.78, 5) is 2.55. The molecule has 6 rings (SSSR count). The van der Waals surface area contributed by atoms with Crippen molar-refractivity contribution in [2.75, 3.05) is 13.1 Å². The zero-order chi connectivity index (χ0) is 21.9. The molecular formula is C29H43NO2. The summed E-state index contributed by atoms with van der Waals surface area (Å²) in [5.74, 6) is 3.31. The molecule has 0 radical (unpaired) electrons. The second-order valence-corrected chi connectivity index (χ2v) is 12.3. The van der Waals surface area contributed by atoms with Crippen molar-refractivity contribution >= 4 is 0 Å². The first-order valence-corrected chi connectivity index (χ1v) is 13.6. The van der Waals surface area contributed by atoms with Crippen LogP contribution >= 0.6 is 0 Å². The highest BCUT2D eigenvalue weighted by Crippen LogP contribution is 2.68. The Kier molecular flexibility index (Phi) is 5.38. The molecule has 2 heterocycles. The van der Waals surface area contributed by atoms with Gasteiger partial charge in [0.05, 0.1) is 18.6 Å². The highest BCUT2D eigenvalue weighted by molar-refractivity contribution is 5.27. The average molecular weight is 438 g/mol. The molecule has 4 aliphatic carbocycles. The number of nitrogens with zero attached hydrogens (tertiary/aromatic N) is 1. The number of fused-ring (bicyclic) bond motifs is 5. The minimum absolute atomic E-state index is 0.278. The first-order valence-electron chi connectivity index (χ1n) is 13.6. The number of hydrogen-bond donors (Lipinski definition) is 0. The van der Waals surface area contributed by atoms with E-state index in [1.807, 2.05) is 12.5 Å². The molecule has 1 aromatic heterocycles. The molecular weight excluding hydrogens is 394 g/mol. The lowest BCUT2D eigenvalue weighted by Gasteiger charge is -2.59. The molecule has 32 heavy (non-hydrogen) atoms. The molecule has 3 saturated carbocycles. The van der Waals surface area contributed by atoms with Crippen LogP contribution in [-0.4, -0.2) is 30.3 Å². The summed E-state index contributed by atoms with van der Waals surface area (Å²) in [5, 5.41) is 0. The molecule has 0 aromatic carbocycles. The van der Waals surface area contributed by atoms with E-state index in [-0.39, 0.29) is 6.23 Å². The topological polar surface area (TPSA) is 25.6 Å². The van der Waals surface area contributed by atoms with Gasteiger partial charge in [0.2, 0.25) is 0 Å². The summed E-state index contributed by atoms with van der Waals surface area (Å²) in [6.07, 6.45) is 20.5. The number of ether oxygens (including phenoxy) is 1. The minimum atomic E-state index is 0.278. The van der Waals surface area contributed by atoms with Crippen LogP contribution in [0.5, 0.6) is 0 Å². The van der Waals surface area contributed by atoms with E-state index < -0.39 is 0 Å². The molecule has 0 spiro atoms. The summed E-state index contributed by atoms with van der Waals surface area (Å²) in [5.41, 5.74) is 4.04. The monoisotopic (exact) mass is 437 g/mol. The lowest BCUT2D eigenvalue weighted by atomic mass is 9.46. The molecule has 0 amide bonds. The van der Waals surface area contributed by atoms with Gasteiger partial charge in [-0.2, -0.15) is 0 Å². The molecule has 4 fully saturated rings. The van der Waals surface area contributed by atoms with Crippen molar-refractivity contribution < 1.29 is 9.15 Å². The molecule has 176 valence electrons. The molecule has 3 nitrogen and oxygen atoms in total. The third-order valence-corrected chi connectivity index (χ3v) is 11.0. The van der Waals surface area contributed by atoms with Crippen molar-refractivity contribution in [1.29, 1.82) is 0 Å². The Morgan fingerprint density at radius 3 is 2.72 bits per heavy atom. The molecule has 5 aliphatic rings. The lowest BCUT2D eigenvalue weighted by molar-refractivity contribution is -0.114. The third kappa shape index (κ3) is 3.28. The van der Waals surface area contributed by atoms with E-state index >= 15 is 0 Å². The summed E-state index contributed by atoms with van der Waals surface area (Å²) in [7, 11) is 0. The zero-order valence-corrected chi connectivity index (χ0v) is 20.5. The van der Waals surface area contributed by atoms with Crippen LogP contribution in [0.2, 0.25) is 0 Å². The maximum atomic E-state index is 6.71. The van der Waals surface area contributed by atoms with E-state index in [1.165, 1.54) is 76.4 Å². The Hall–Kier alpha value is -1.06. The Labute approximate surface area is 195 Å². The molecule has 3 heteroatoms. The predicted molar refractivity (Wildman–Crippen MR) is 128 cm³/mol. The van der Waals surface area contributed by atoms with Crippen molar-refractivity contribution in [3.8, 4) is 0 Å². The fourth-order valence-corrected chi connectivity index (χ4v) is 9.37. The first-order chi connectivity index (χ1) is 15.5. The SMILES string of the molecule is CC(OC1CC=C2CC[C@H]3[C@@H]4CC[C@@H](c5ccoc5)[C@@]4(C)CC[C@@H]3[C@@]2(C)C1)N1CCCC1. The van der Waals surface area contributed by atoms with Crippen molar-refractivity contribution in [2.24, 2.45) is 28.6 Å². The normalized spacial score (nSPS) is 45.1. The van der Waals surface area contributed by atoms with Crippen LogP contribution < -0.4 is 0 Å². The van der Waals surface area contributed by atoms with Gasteiger partial charge in [0.25, 0.3) is 0 Å². The highest BCUT2D eigenvalue weighted by Gasteiger charge is 2.59. The van der Waals surface area contributed by atoms with Gasteiger partial charge in [0.15, 0.2) is 0 Å². The van der Waals surface area contributed by atoms with E-state index in [4.69, 9.17) is 9.15 Å². The maximum Gasteiger partial charge on any atom is 0.108 e. The molecule has 1 saturated heterocycles. The van der Waals surface area contributed by atoms with E-state index in [0.29, 0.717) is 22.9 Å². The number of hydrogen-bond acceptors (Lipinski definition) is 3. The van der Waals surface area contributed by atoms with E-state index in [0.717, 1.165) is 24.2 Å². The summed E-state index contributed by atoms with van der Waals surface area (Å²) in [6.45, 7) is 9.97. The number of allylic oxidation sites excluding steroid dienone is 1. The van der Waals surface area contributed by atoms with Crippen LogP contribution in [0.1, 0.15) is 96.5 Å². The second-order valence-electron chi connectivity index (χ2n) is 12.3. The van der Waals surface area contributed by atoms with Crippen LogP contribution in [0, 0.1) is 28.6 Å². The first kappa shape index (κ1) is 21.5. The van der Waals surface area contributed by atoms with Gasteiger partial charge < -0.3 is 9.15 Å². The second kappa shape index (κ2) is 8.01. The van der Waals surface area contributed by atoms with Crippen LogP contribution in [0.15, 0.2) is 34.7 Å². The van der Waals surface area contributed by atoms with Gasteiger partial charge in [0, 0.05) is 13.1 Å². The minimum Gasteiger partial charge on any atom is -0.472 e. The van der Waals surface area contributed by atoms with Crippen LogP contribution in [0.3, 0.4) is 0 Å². The maximum absolute atomic E-state index is 6.71. The van der Waals surface area contributed by atoms with Gasteiger partial charge in [-0.25, -0.2) is 0 Å². The number of furan rings is 1. The molecule has 0 bridgehead atoms. The van der Waals surface area contributed by atoms with E-state index in [1.54, 1.807) is 5.57 Å². The third-order valence-electron chi connectivity index (χ3n) is 11.0. The Morgan fingerprint density at radius 2 is 1.94 bits per heavy atom. The fourth-order valence-electron chi connectivity index (χ4n) is 9.37. The van der Waals surface area contributed by atoms with Crippen molar-refractivity contribution in [3.05, 3.63) is 35.8 Å². The summed E-state index contributed by atoms with van der Waals surface area (Å²) < 4.78 is 12.2. The van der Waals surface area contributed by atoms with Crippen LogP contribution in [-0.2, 0) is 4.74 Å². The number of rotatable bonds is 4. The average Bonchev–Trinajstić information content (AvgIpc) is 3.53. The van der Waals surface area contributed by atoms with Crippen molar-refractivity contribution in [2.45, 2.75) is 103 Å². The van der Waals surface area contributed by atoms with Gasteiger partial charge in [-0.3, -0.25) is 4.90 Å². The van der Waals surface area contributed by atoms with Gasteiger partial charge in [0.1, 0.15) is 6.23 Å². The van der Waals surface area contributed by atoms with Crippen molar-refractivity contribution in [3.63, 3.8) is 0 Å². The highest BCUT2D eigenvalue weighted by atomic mass is 16.5. The van der Waals surface area contributed by atoms with Crippen molar-refractivity contribution in [1.82, 2.24) is 4.90 Å². The predicted octanol–water partition coefficient (Wildman–Crippen LogP) is 7.15. The fraction of sp³-hybridized carbons (Fsp3) is 0.793. The zero-order valence-electron chi connectivity index (χ0n) is 20.5. The summed E-state index contributed by atoms with van der Waals surface area (Å²) >= 11 is 0. The van der Waals surface area contributed by atoms with E-state index in [2.05, 4.69) is 37.8 Å². The Morgan fingerprint density at radius 1 is 1.09 bits per heavy atom. The number of likely N-dealkylation sites (tertiary alicyclic amines) is 1. The van der Waals surface area contributed by atoms with Gasteiger partial charge in [-0.15, -0.1) is 0 Å². The van der Waals surface area contributed by atoms with Crippen LogP contribution in [0.4, 0.5) is 0 Å². The quantitative estimate of drug-likeness (QED) is 0.468. The van der Waals surface area contributed by atoms with Gasteiger partial charge in [-0.1, -0.05) is 25.5 Å². The smallest absolute Gasteiger partial charge is 0.108 e. The summed E-state index contributed by atoms with van der Waals surface area (Å²) in [6, 6.07) is 2.23. The lowest BCUT2D eigenvalue weighted by Crippen LogP contribution is -2.51. The molecule has 1 aliphatic heterocycles. The Balaban J connectivity index is 1.21. The van der Waals surface area contributed by atoms with Gasteiger partial charge in [-0.05, 0) is 117 Å². The standard InChI is InChI=1S/C29H43NO2/c1-20(30-15-4-5-16-30)32-23-8-6-22-7-9-24-26-11-10-25(21-13-17-31-19-21)28(26,2)14-12-27(24)29(22,3)18-23/h6,13,17,19-20,23-27H,4-5,7-12,14-16,18H2,1-3H3/t20?,23?,24-,25-,26-,27-,28+,29-/m0/s1. The molecule has 1 aromatic rings. The van der Waals surface area contributed by atoms with Gasteiger partial charge >= 0.3 is 0 Å². The largest absolute Gasteiger partial charge is 0.472 e. The molecule has 0 N–H and O–H groups in total.